The summed E-state index contributed by atoms with van der Waals surface area (Å²) in [6.45, 7) is -0.526. The van der Waals surface area contributed by atoms with E-state index in [1.165, 1.54) is 30.2 Å². The number of carbonyl (C=O) groups excluding carboxylic acids is 2. The molecule has 246 valence electrons. The van der Waals surface area contributed by atoms with E-state index in [0.717, 1.165) is 41.1 Å². The summed E-state index contributed by atoms with van der Waals surface area (Å²) in [5, 5.41) is 4.01. The van der Waals surface area contributed by atoms with Gasteiger partial charge in [-0.3, -0.25) is 13.9 Å². The van der Waals surface area contributed by atoms with Crippen molar-refractivity contribution in [1.82, 2.24) is 10.2 Å². The van der Waals surface area contributed by atoms with E-state index in [4.69, 9.17) is 27.9 Å². The number of methoxy groups -OCH3 is 1. The van der Waals surface area contributed by atoms with Crippen LogP contribution in [0.2, 0.25) is 10.0 Å². The Morgan fingerprint density at radius 1 is 0.851 bits per heavy atom. The Hall–Kier alpha value is -4.05. The number of amides is 2. The molecule has 1 saturated carbocycles. The zero-order valence-electron chi connectivity index (χ0n) is 26.0. The fourth-order valence-electron chi connectivity index (χ4n) is 5.74. The molecule has 0 saturated heterocycles. The Balaban J connectivity index is 1.56. The molecule has 47 heavy (non-hydrogen) atoms. The normalized spacial score (nSPS) is 13.9. The van der Waals surface area contributed by atoms with Crippen LogP contribution in [-0.4, -0.2) is 50.9 Å². The second kappa shape index (κ2) is 15.7. The van der Waals surface area contributed by atoms with Gasteiger partial charge in [-0.15, -0.1) is 0 Å². The summed E-state index contributed by atoms with van der Waals surface area (Å²) < 4.78 is 34.6. The van der Waals surface area contributed by atoms with Crippen LogP contribution in [0.4, 0.5) is 5.69 Å². The van der Waals surface area contributed by atoms with Gasteiger partial charge >= 0.3 is 0 Å². The fraction of sp³-hybridized carbons (Fsp3) is 0.278. The van der Waals surface area contributed by atoms with Gasteiger partial charge in [0.15, 0.2) is 0 Å². The first-order chi connectivity index (χ1) is 22.6. The molecule has 4 aromatic rings. The SMILES string of the molecule is COc1ccc(S(=O)(=O)N(CC(=O)N(Cc2ccc(Cl)cc2)[C@H](Cc2ccccc2)C(=O)NC2CCCC2)c2cccc(Cl)c2)cc1. The van der Waals surface area contributed by atoms with Gasteiger partial charge in [0.2, 0.25) is 11.8 Å². The second-order valence-corrected chi connectivity index (χ2v) is 14.2. The van der Waals surface area contributed by atoms with Crippen molar-refractivity contribution in [3.63, 3.8) is 0 Å². The Labute approximate surface area is 286 Å². The highest BCUT2D eigenvalue weighted by Gasteiger charge is 2.35. The largest absolute Gasteiger partial charge is 0.497 e. The van der Waals surface area contributed by atoms with Crippen molar-refractivity contribution >= 4 is 50.7 Å². The lowest BCUT2D eigenvalue weighted by molar-refractivity contribution is -0.140. The first-order valence-electron chi connectivity index (χ1n) is 15.4. The van der Waals surface area contributed by atoms with Gasteiger partial charge in [-0.2, -0.15) is 0 Å². The molecule has 4 aromatic carbocycles. The van der Waals surface area contributed by atoms with Gasteiger partial charge < -0.3 is 15.0 Å². The second-order valence-electron chi connectivity index (χ2n) is 11.5. The molecular formula is C36H37Cl2N3O5S. The van der Waals surface area contributed by atoms with E-state index in [2.05, 4.69) is 5.32 Å². The molecule has 1 aliphatic rings. The quantitative estimate of drug-likeness (QED) is 0.164. The highest BCUT2D eigenvalue weighted by Crippen LogP contribution is 2.28. The minimum Gasteiger partial charge on any atom is -0.497 e. The van der Waals surface area contributed by atoms with E-state index in [0.29, 0.717) is 15.8 Å². The number of carbonyl (C=O) groups is 2. The summed E-state index contributed by atoms with van der Waals surface area (Å²) in [5.74, 6) is -0.351. The lowest BCUT2D eigenvalue weighted by Crippen LogP contribution is -2.54. The number of rotatable bonds is 13. The highest BCUT2D eigenvalue weighted by atomic mass is 35.5. The molecule has 5 rings (SSSR count). The molecule has 1 fully saturated rings. The van der Waals surface area contributed by atoms with Crippen LogP contribution in [0.3, 0.4) is 0 Å². The van der Waals surface area contributed by atoms with Gasteiger partial charge in [0, 0.05) is 29.1 Å². The summed E-state index contributed by atoms with van der Waals surface area (Å²) >= 11 is 12.5. The third kappa shape index (κ3) is 8.86. The standard InChI is InChI=1S/C36H37Cl2N3O5S/c1-46-32-18-20-33(21-19-32)47(44,45)41(31-13-7-10-29(38)23-31)25-35(42)40(24-27-14-16-28(37)17-15-27)34(22-26-8-3-2-4-9-26)36(43)39-30-11-5-6-12-30/h2-4,7-10,13-21,23,30,34H,5-6,11-12,22,24-25H2,1H3,(H,39,43)/t34-/m1/s1. The van der Waals surface area contributed by atoms with Crippen LogP contribution in [0.25, 0.3) is 0 Å². The molecule has 1 aliphatic carbocycles. The fourth-order valence-corrected chi connectivity index (χ4v) is 7.46. The number of benzene rings is 4. The van der Waals surface area contributed by atoms with Gasteiger partial charge in [-0.25, -0.2) is 8.42 Å². The molecule has 0 aromatic heterocycles. The van der Waals surface area contributed by atoms with Crippen LogP contribution < -0.4 is 14.4 Å². The lowest BCUT2D eigenvalue weighted by Gasteiger charge is -2.34. The number of nitrogens with one attached hydrogen (secondary N) is 1. The van der Waals surface area contributed by atoms with Crippen molar-refractivity contribution in [1.29, 1.82) is 0 Å². The first kappa shape index (κ1) is 34.3. The van der Waals surface area contributed by atoms with Crippen LogP contribution in [0, 0.1) is 0 Å². The van der Waals surface area contributed by atoms with Gasteiger partial charge in [0.25, 0.3) is 10.0 Å². The number of hydrogen-bond donors (Lipinski definition) is 1. The topological polar surface area (TPSA) is 96.0 Å². The molecule has 0 radical (unpaired) electrons. The zero-order chi connectivity index (χ0) is 33.4. The maximum Gasteiger partial charge on any atom is 0.264 e. The smallest absolute Gasteiger partial charge is 0.264 e. The molecule has 2 amide bonds. The number of nitrogens with zero attached hydrogens (tertiary/aromatic N) is 2. The summed E-state index contributed by atoms with van der Waals surface area (Å²) in [6, 6.07) is 27.9. The zero-order valence-corrected chi connectivity index (χ0v) is 28.3. The molecule has 1 N–H and O–H groups in total. The van der Waals surface area contributed by atoms with Crippen molar-refractivity contribution < 1.29 is 22.7 Å². The van der Waals surface area contributed by atoms with Crippen molar-refractivity contribution in [2.75, 3.05) is 18.0 Å². The number of ether oxygens (including phenoxy) is 1. The predicted molar refractivity (Wildman–Crippen MR) is 185 cm³/mol. The van der Waals surface area contributed by atoms with Crippen LogP contribution in [-0.2, 0) is 32.6 Å². The molecule has 0 aliphatic heterocycles. The molecule has 0 unspecified atom stereocenters. The Bertz CT molecular complexity index is 1760. The molecule has 1 atom stereocenters. The van der Waals surface area contributed by atoms with Gasteiger partial charge in [0.1, 0.15) is 18.3 Å². The first-order valence-corrected chi connectivity index (χ1v) is 17.6. The van der Waals surface area contributed by atoms with Crippen molar-refractivity contribution in [3.05, 3.63) is 124 Å². The van der Waals surface area contributed by atoms with Gasteiger partial charge in [-0.05, 0) is 78.6 Å². The van der Waals surface area contributed by atoms with E-state index >= 15 is 0 Å². The average molecular weight is 695 g/mol. The number of sulfonamides is 1. The Kier molecular flexibility index (Phi) is 11.4. The van der Waals surface area contributed by atoms with Crippen LogP contribution >= 0.6 is 23.2 Å². The van der Waals surface area contributed by atoms with Crippen molar-refractivity contribution in [3.8, 4) is 5.75 Å². The summed E-state index contributed by atoms with van der Waals surface area (Å²) in [4.78, 5) is 30.1. The Morgan fingerprint density at radius 3 is 2.17 bits per heavy atom. The molecule has 0 heterocycles. The molecule has 0 bridgehead atoms. The average Bonchev–Trinajstić information content (AvgIpc) is 3.59. The number of anilines is 1. The molecule has 11 heteroatoms. The van der Waals surface area contributed by atoms with E-state index in [9.17, 15) is 18.0 Å². The third-order valence-electron chi connectivity index (χ3n) is 8.26. The minimum absolute atomic E-state index is 0.0201. The summed E-state index contributed by atoms with van der Waals surface area (Å²) in [6.07, 6.45) is 4.04. The maximum absolute atomic E-state index is 14.6. The van der Waals surface area contributed by atoms with E-state index in [-0.39, 0.29) is 35.5 Å². The van der Waals surface area contributed by atoms with Crippen molar-refractivity contribution in [2.24, 2.45) is 0 Å². The highest BCUT2D eigenvalue weighted by molar-refractivity contribution is 7.92. The van der Waals surface area contributed by atoms with Gasteiger partial charge in [-0.1, -0.05) is 84.6 Å². The monoisotopic (exact) mass is 693 g/mol. The van der Waals surface area contributed by atoms with Gasteiger partial charge in [0.05, 0.1) is 17.7 Å². The summed E-state index contributed by atoms with van der Waals surface area (Å²) in [7, 11) is -2.78. The number of hydrogen-bond acceptors (Lipinski definition) is 5. The lowest BCUT2D eigenvalue weighted by atomic mass is 10.0. The minimum atomic E-state index is -4.27. The summed E-state index contributed by atoms with van der Waals surface area (Å²) in [5.41, 5.74) is 1.82. The maximum atomic E-state index is 14.6. The number of halogens is 2. The van der Waals surface area contributed by atoms with Crippen LogP contribution in [0.1, 0.15) is 36.8 Å². The molecule has 8 nitrogen and oxygen atoms in total. The Morgan fingerprint density at radius 2 is 1.53 bits per heavy atom. The van der Waals surface area contributed by atoms with E-state index < -0.39 is 28.5 Å². The van der Waals surface area contributed by atoms with Crippen LogP contribution in [0.5, 0.6) is 5.75 Å². The molecule has 0 spiro atoms. The van der Waals surface area contributed by atoms with E-state index in [1.807, 2.05) is 30.3 Å². The van der Waals surface area contributed by atoms with Crippen LogP contribution in [0.15, 0.2) is 108 Å². The third-order valence-corrected chi connectivity index (χ3v) is 10.5. The predicted octanol–water partition coefficient (Wildman–Crippen LogP) is 6.90. The molecular weight excluding hydrogens is 657 g/mol. The van der Waals surface area contributed by atoms with E-state index in [1.54, 1.807) is 54.6 Å². The van der Waals surface area contributed by atoms with Crippen molar-refractivity contribution in [2.45, 2.75) is 55.6 Å².